The van der Waals surface area contributed by atoms with Gasteiger partial charge in [-0.25, -0.2) is 0 Å². The van der Waals surface area contributed by atoms with Crippen LogP contribution in [0, 0.1) is 6.07 Å². The van der Waals surface area contributed by atoms with Crippen molar-refractivity contribution in [2.45, 2.75) is 0 Å². The van der Waals surface area contributed by atoms with Gasteiger partial charge in [0.25, 0.3) is 0 Å². The summed E-state index contributed by atoms with van der Waals surface area (Å²) in [6, 6.07) is 5.70. The van der Waals surface area contributed by atoms with Crippen molar-refractivity contribution in [1.82, 2.24) is 0 Å². The zero-order valence-electron chi connectivity index (χ0n) is 5.39. The molecule has 0 aliphatic carbocycles. The molecule has 0 spiro atoms. The van der Waals surface area contributed by atoms with Gasteiger partial charge < -0.3 is 9.84 Å². The van der Waals surface area contributed by atoms with E-state index in [1.54, 1.807) is 13.2 Å². The quantitative estimate of drug-likeness (QED) is 0.754. The van der Waals surface area contributed by atoms with Crippen LogP contribution in [0.4, 0.5) is 0 Å². The number of aromatic hydroxyl groups is 1. The predicted octanol–water partition coefficient (Wildman–Crippen LogP) is 1.96. The second-order valence-electron chi connectivity index (χ2n) is 1.73. The molecule has 0 saturated heterocycles. The molecule has 0 heterocycles. The lowest BCUT2D eigenvalue weighted by molar-refractivity contribution is 0.405. The maximum atomic E-state index is 8.91. The zero-order valence-corrected chi connectivity index (χ0v) is 6.97. The molecule has 1 aromatic rings. The van der Waals surface area contributed by atoms with E-state index in [-0.39, 0.29) is 5.75 Å². The van der Waals surface area contributed by atoms with Crippen LogP contribution in [0.15, 0.2) is 16.6 Å². The maximum Gasteiger partial charge on any atom is 0.136 e. The zero-order chi connectivity index (χ0) is 7.56. The molecule has 1 radical (unpaired) electrons. The number of hydrogen-bond acceptors (Lipinski definition) is 2. The Hall–Kier alpha value is -0.700. The summed E-state index contributed by atoms with van der Waals surface area (Å²) < 4.78 is 5.68. The summed E-state index contributed by atoms with van der Waals surface area (Å²) in [5.74, 6) is 0.691. The largest absolute Gasteiger partial charge is 0.507 e. The van der Waals surface area contributed by atoms with Gasteiger partial charge in [0.15, 0.2) is 0 Å². The molecule has 1 rings (SSSR count). The van der Waals surface area contributed by atoms with E-state index in [1.807, 2.05) is 0 Å². The summed E-state index contributed by atoms with van der Waals surface area (Å²) in [4.78, 5) is 0. The van der Waals surface area contributed by atoms with E-state index >= 15 is 0 Å². The lowest BCUT2D eigenvalue weighted by Gasteiger charge is -2.01. The number of phenols is 1. The number of ether oxygens (including phenoxy) is 1. The molecule has 0 bridgehead atoms. The van der Waals surface area contributed by atoms with Crippen LogP contribution in [0.5, 0.6) is 11.5 Å². The molecule has 3 heteroatoms. The van der Waals surface area contributed by atoms with Gasteiger partial charge in [-0.1, -0.05) is 0 Å². The summed E-state index contributed by atoms with van der Waals surface area (Å²) in [7, 11) is 1.54. The molecule has 0 aliphatic rings. The van der Waals surface area contributed by atoms with Crippen LogP contribution >= 0.6 is 15.9 Å². The minimum absolute atomic E-state index is 0.0834. The van der Waals surface area contributed by atoms with E-state index in [1.165, 1.54) is 6.07 Å². The highest BCUT2D eigenvalue weighted by atomic mass is 79.9. The van der Waals surface area contributed by atoms with E-state index in [2.05, 4.69) is 22.0 Å². The molecule has 0 saturated carbocycles. The molecule has 0 atom stereocenters. The van der Waals surface area contributed by atoms with E-state index in [0.717, 1.165) is 4.47 Å². The second kappa shape index (κ2) is 2.92. The van der Waals surface area contributed by atoms with Gasteiger partial charge >= 0.3 is 0 Å². The lowest BCUT2D eigenvalue weighted by atomic mass is 10.3. The monoisotopic (exact) mass is 201 g/mol. The minimum Gasteiger partial charge on any atom is -0.507 e. The Kier molecular flexibility index (Phi) is 2.17. The molecule has 2 nitrogen and oxygen atoms in total. The second-order valence-corrected chi connectivity index (χ2v) is 2.59. The van der Waals surface area contributed by atoms with Gasteiger partial charge in [-0.3, -0.25) is 0 Å². The number of benzene rings is 1. The third kappa shape index (κ3) is 1.42. The SMILES string of the molecule is COc1cc(O)[c]cc1Br. The normalized spacial score (nSPS) is 9.40. The van der Waals surface area contributed by atoms with Gasteiger partial charge in [0.2, 0.25) is 0 Å². The number of rotatable bonds is 1. The van der Waals surface area contributed by atoms with Gasteiger partial charge in [0.05, 0.1) is 11.6 Å². The van der Waals surface area contributed by atoms with Gasteiger partial charge in [-0.2, -0.15) is 0 Å². The summed E-state index contributed by atoms with van der Waals surface area (Å²) in [5.41, 5.74) is 0. The lowest BCUT2D eigenvalue weighted by Crippen LogP contribution is -1.82. The number of hydrogen-bond donors (Lipinski definition) is 1. The van der Waals surface area contributed by atoms with Crippen LogP contribution < -0.4 is 4.74 Å². The Labute approximate surface area is 67.6 Å². The van der Waals surface area contributed by atoms with Crippen LogP contribution in [-0.4, -0.2) is 12.2 Å². The molecule has 10 heavy (non-hydrogen) atoms. The van der Waals surface area contributed by atoms with Gasteiger partial charge in [0, 0.05) is 12.1 Å². The molecule has 1 aromatic carbocycles. The van der Waals surface area contributed by atoms with Crippen molar-refractivity contribution in [2.75, 3.05) is 7.11 Å². The number of phenolic OH excluding ortho intramolecular Hbond substituents is 1. The molecule has 0 aromatic heterocycles. The third-order valence-corrected chi connectivity index (χ3v) is 1.69. The Bertz CT molecular complexity index is 235. The molecular weight excluding hydrogens is 196 g/mol. The number of halogens is 1. The van der Waals surface area contributed by atoms with Crippen molar-refractivity contribution in [1.29, 1.82) is 0 Å². The van der Waals surface area contributed by atoms with Gasteiger partial charge in [-0.15, -0.1) is 0 Å². The fourth-order valence-electron chi connectivity index (χ4n) is 0.600. The summed E-state index contributed by atoms with van der Waals surface area (Å²) in [6.07, 6.45) is 0. The summed E-state index contributed by atoms with van der Waals surface area (Å²) in [6.45, 7) is 0. The van der Waals surface area contributed by atoms with Crippen LogP contribution in [0.3, 0.4) is 0 Å². The first-order chi connectivity index (χ1) is 4.74. The van der Waals surface area contributed by atoms with E-state index in [4.69, 9.17) is 9.84 Å². The van der Waals surface area contributed by atoms with Crippen molar-refractivity contribution in [3.8, 4) is 11.5 Å². The molecule has 0 unspecified atom stereocenters. The highest BCUT2D eigenvalue weighted by Gasteiger charge is 1.98. The van der Waals surface area contributed by atoms with Crippen molar-refractivity contribution >= 4 is 15.9 Å². The minimum atomic E-state index is 0.0834. The molecule has 1 N–H and O–H groups in total. The predicted molar refractivity (Wildman–Crippen MR) is 41.2 cm³/mol. The van der Waals surface area contributed by atoms with Crippen LogP contribution in [0.1, 0.15) is 0 Å². The van der Waals surface area contributed by atoms with Gasteiger partial charge in [-0.05, 0) is 22.0 Å². The van der Waals surface area contributed by atoms with Crippen molar-refractivity contribution in [2.24, 2.45) is 0 Å². The van der Waals surface area contributed by atoms with Crippen molar-refractivity contribution in [3.63, 3.8) is 0 Å². The summed E-state index contributed by atoms with van der Waals surface area (Å²) >= 11 is 3.22. The van der Waals surface area contributed by atoms with Crippen molar-refractivity contribution < 1.29 is 9.84 Å². The topological polar surface area (TPSA) is 29.5 Å². The Morgan fingerprint density at radius 1 is 1.70 bits per heavy atom. The third-order valence-electron chi connectivity index (χ3n) is 1.07. The smallest absolute Gasteiger partial charge is 0.136 e. The van der Waals surface area contributed by atoms with Gasteiger partial charge in [0.1, 0.15) is 11.5 Å². The number of methoxy groups -OCH3 is 1. The highest BCUT2D eigenvalue weighted by Crippen LogP contribution is 2.27. The summed E-state index contributed by atoms with van der Waals surface area (Å²) in [5, 5.41) is 8.91. The fraction of sp³-hybridized carbons (Fsp3) is 0.143. The van der Waals surface area contributed by atoms with Crippen molar-refractivity contribution in [3.05, 3.63) is 22.7 Å². The maximum absolute atomic E-state index is 8.91. The highest BCUT2D eigenvalue weighted by molar-refractivity contribution is 9.10. The molecule has 0 amide bonds. The van der Waals surface area contributed by atoms with E-state index in [0.29, 0.717) is 5.75 Å². The van der Waals surface area contributed by atoms with E-state index in [9.17, 15) is 0 Å². The first kappa shape index (κ1) is 7.41. The Morgan fingerprint density at radius 3 is 2.90 bits per heavy atom. The molecule has 0 aliphatic heterocycles. The van der Waals surface area contributed by atoms with Crippen LogP contribution in [0.2, 0.25) is 0 Å². The Morgan fingerprint density at radius 2 is 2.40 bits per heavy atom. The molecule has 53 valence electrons. The first-order valence-corrected chi connectivity index (χ1v) is 3.47. The van der Waals surface area contributed by atoms with Crippen LogP contribution in [-0.2, 0) is 0 Å². The average Bonchev–Trinajstić information content (AvgIpc) is 1.94. The fourth-order valence-corrected chi connectivity index (χ4v) is 0.990. The molecule has 0 fully saturated rings. The van der Waals surface area contributed by atoms with E-state index < -0.39 is 0 Å². The average molecular weight is 202 g/mol. The first-order valence-electron chi connectivity index (χ1n) is 2.68. The molecular formula is C7H6BrO2. The van der Waals surface area contributed by atoms with Crippen LogP contribution in [0.25, 0.3) is 0 Å². The standard InChI is InChI=1S/C7H6BrO2/c1-10-7-4-5(9)2-3-6(7)8/h3-4,9H,1H3. The Balaban J connectivity index is 3.09.